The Balaban J connectivity index is 2.56. The molecule has 1 aromatic heterocycles. The van der Waals surface area contributed by atoms with Gasteiger partial charge in [-0.3, -0.25) is 9.58 Å². The number of aromatic carboxylic acids is 1. The smallest absolute Gasteiger partial charge is 0.339 e. The first-order valence-electron chi connectivity index (χ1n) is 5.96. The van der Waals surface area contributed by atoms with Crippen LogP contribution in [-0.4, -0.2) is 52.1 Å². The summed E-state index contributed by atoms with van der Waals surface area (Å²) in [4.78, 5) is 13.0. The zero-order valence-electron chi connectivity index (χ0n) is 11.4. The van der Waals surface area contributed by atoms with E-state index in [9.17, 15) is 4.79 Å². The fraction of sp³-hybridized carbons (Fsp3) is 0.667. The van der Waals surface area contributed by atoms with E-state index in [1.54, 1.807) is 11.7 Å². The first kappa shape index (κ1) is 14.7. The molecule has 18 heavy (non-hydrogen) atoms. The summed E-state index contributed by atoms with van der Waals surface area (Å²) in [7, 11) is 3.68. The number of rotatable bonds is 7. The van der Waals surface area contributed by atoms with E-state index in [0.717, 1.165) is 6.54 Å². The largest absolute Gasteiger partial charge is 0.478 e. The summed E-state index contributed by atoms with van der Waals surface area (Å²) in [5.41, 5.74) is 0.962. The second kappa shape index (κ2) is 6.51. The van der Waals surface area contributed by atoms with E-state index in [0.29, 0.717) is 18.8 Å². The van der Waals surface area contributed by atoms with Gasteiger partial charge < -0.3 is 9.84 Å². The van der Waals surface area contributed by atoms with Gasteiger partial charge in [0, 0.05) is 20.1 Å². The maximum absolute atomic E-state index is 11.0. The summed E-state index contributed by atoms with van der Waals surface area (Å²) in [5, 5.41) is 13.0. The van der Waals surface area contributed by atoms with E-state index in [1.807, 2.05) is 25.8 Å². The maximum atomic E-state index is 11.0. The Morgan fingerprint density at radius 1 is 1.61 bits per heavy atom. The molecule has 0 fully saturated rings. The quantitative estimate of drug-likeness (QED) is 0.786. The van der Waals surface area contributed by atoms with E-state index in [1.165, 1.54) is 6.20 Å². The van der Waals surface area contributed by atoms with Crippen molar-refractivity contribution in [2.45, 2.75) is 26.5 Å². The first-order valence-corrected chi connectivity index (χ1v) is 5.96. The van der Waals surface area contributed by atoms with Gasteiger partial charge in [-0.2, -0.15) is 5.10 Å². The van der Waals surface area contributed by atoms with E-state index >= 15 is 0 Å². The molecule has 1 heterocycles. The minimum absolute atomic E-state index is 0.213. The average Bonchev–Trinajstić information content (AvgIpc) is 2.60. The first-order chi connectivity index (χ1) is 8.41. The van der Waals surface area contributed by atoms with Gasteiger partial charge in [0.1, 0.15) is 5.56 Å². The average molecular weight is 255 g/mol. The molecule has 0 aliphatic rings. The van der Waals surface area contributed by atoms with E-state index < -0.39 is 5.97 Å². The second-order valence-corrected chi connectivity index (χ2v) is 4.59. The number of carbonyl (C=O) groups is 1. The molecular weight excluding hydrogens is 234 g/mol. The van der Waals surface area contributed by atoms with Crippen molar-refractivity contribution in [3.63, 3.8) is 0 Å². The Morgan fingerprint density at radius 3 is 2.83 bits per heavy atom. The number of hydrogen-bond donors (Lipinski definition) is 1. The molecule has 6 nitrogen and oxygen atoms in total. The molecule has 0 amide bonds. The minimum atomic E-state index is -0.940. The van der Waals surface area contributed by atoms with Crippen LogP contribution in [0.5, 0.6) is 0 Å². The van der Waals surface area contributed by atoms with Crippen LogP contribution in [0.4, 0.5) is 0 Å². The van der Waals surface area contributed by atoms with E-state index in [4.69, 9.17) is 9.84 Å². The Morgan fingerprint density at radius 2 is 2.28 bits per heavy atom. The zero-order chi connectivity index (χ0) is 13.7. The molecule has 0 spiro atoms. The number of aromatic nitrogens is 2. The highest BCUT2D eigenvalue weighted by Crippen LogP contribution is 2.09. The van der Waals surface area contributed by atoms with Crippen molar-refractivity contribution in [3.05, 3.63) is 17.5 Å². The SMILES string of the molecule is CC(C)OCCN(C)Cc1c(C(=O)O)cnn1C. The third kappa shape index (κ3) is 4.12. The van der Waals surface area contributed by atoms with Crippen LogP contribution in [0.2, 0.25) is 0 Å². The van der Waals surface area contributed by atoms with Gasteiger partial charge in [0.05, 0.1) is 24.6 Å². The molecule has 0 atom stereocenters. The zero-order valence-corrected chi connectivity index (χ0v) is 11.4. The lowest BCUT2D eigenvalue weighted by Gasteiger charge is -2.18. The summed E-state index contributed by atoms with van der Waals surface area (Å²) >= 11 is 0. The summed E-state index contributed by atoms with van der Waals surface area (Å²) in [6.07, 6.45) is 1.60. The molecule has 0 bridgehead atoms. The van der Waals surface area contributed by atoms with Gasteiger partial charge in [0.2, 0.25) is 0 Å². The number of ether oxygens (including phenoxy) is 1. The molecule has 0 radical (unpaired) electrons. The number of nitrogens with zero attached hydrogens (tertiary/aromatic N) is 3. The van der Waals surface area contributed by atoms with Crippen molar-refractivity contribution in [1.29, 1.82) is 0 Å². The summed E-state index contributed by atoms with van der Waals surface area (Å²) in [6.45, 7) is 5.91. The van der Waals surface area contributed by atoms with Gasteiger partial charge in [-0.25, -0.2) is 4.79 Å². The Labute approximate surface area is 107 Å². The van der Waals surface area contributed by atoms with Crippen molar-refractivity contribution in [2.24, 2.45) is 7.05 Å². The minimum Gasteiger partial charge on any atom is -0.478 e. The number of aryl methyl sites for hydroxylation is 1. The van der Waals surface area contributed by atoms with Gasteiger partial charge >= 0.3 is 5.97 Å². The highest BCUT2D eigenvalue weighted by molar-refractivity contribution is 5.88. The third-order valence-corrected chi connectivity index (χ3v) is 2.64. The van der Waals surface area contributed by atoms with Crippen LogP contribution in [-0.2, 0) is 18.3 Å². The predicted octanol–water partition coefficient (Wildman–Crippen LogP) is 0.975. The summed E-state index contributed by atoms with van der Waals surface area (Å²) < 4.78 is 7.06. The fourth-order valence-electron chi connectivity index (χ4n) is 1.61. The molecule has 102 valence electrons. The van der Waals surface area contributed by atoms with Gasteiger partial charge in [-0.15, -0.1) is 0 Å². The normalized spacial score (nSPS) is 11.4. The van der Waals surface area contributed by atoms with Gasteiger partial charge in [0.15, 0.2) is 0 Å². The van der Waals surface area contributed by atoms with Crippen LogP contribution in [0.25, 0.3) is 0 Å². The molecule has 6 heteroatoms. The van der Waals surface area contributed by atoms with E-state index in [2.05, 4.69) is 5.10 Å². The van der Waals surface area contributed by atoms with Crippen LogP contribution in [0.1, 0.15) is 29.9 Å². The molecule has 0 aromatic carbocycles. The lowest BCUT2D eigenvalue weighted by molar-refractivity contribution is 0.0620. The monoisotopic (exact) mass is 255 g/mol. The van der Waals surface area contributed by atoms with Gasteiger partial charge in [-0.05, 0) is 20.9 Å². The lowest BCUT2D eigenvalue weighted by Crippen LogP contribution is -2.26. The van der Waals surface area contributed by atoms with Crippen molar-refractivity contribution in [1.82, 2.24) is 14.7 Å². The molecule has 0 unspecified atom stereocenters. The van der Waals surface area contributed by atoms with Crippen LogP contribution < -0.4 is 0 Å². The molecule has 0 aliphatic heterocycles. The van der Waals surface area contributed by atoms with Crippen molar-refractivity contribution >= 4 is 5.97 Å². The summed E-state index contributed by atoms with van der Waals surface area (Å²) in [6, 6.07) is 0. The number of carboxylic acids is 1. The highest BCUT2D eigenvalue weighted by atomic mass is 16.5. The van der Waals surface area contributed by atoms with E-state index in [-0.39, 0.29) is 11.7 Å². The Hall–Kier alpha value is -1.40. The van der Waals surface area contributed by atoms with Crippen LogP contribution >= 0.6 is 0 Å². The summed E-state index contributed by atoms with van der Waals surface area (Å²) in [5.74, 6) is -0.940. The molecule has 1 aromatic rings. The lowest BCUT2D eigenvalue weighted by atomic mass is 10.2. The standard InChI is InChI=1S/C12H21N3O3/c1-9(2)18-6-5-14(3)8-11-10(12(16)17)7-13-15(11)4/h7,9H,5-6,8H2,1-4H3,(H,16,17). The highest BCUT2D eigenvalue weighted by Gasteiger charge is 2.16. The molecular formula is C12H21N3O3. The topological polar surface area (TPSA) is 67.6 Å². The number of likely N-dealkylation sites (N-methyl/N-ethyl adjacent to an activating group) is 1. The van der Waals surface area contributed by atoms with Crippen molar-refractivity contribution < 1.29 is 14.6 Å². The van der Waals surface area contributed by atoms with Crippen molar-refractivity contribution in [2.75, 3.05) is 20.2 Å². The Kier molecular flexibility index (Phi) is 5.30. The molecule has 0 saturated heterocycles. The van der Waals surface area contributed by atoms with Crippen LogP contribution in [0.15, 0.2) is 6.20 Å². The third-order valence-electron chi connectivity index (χ3n) is 2.64. The fourth-order valence-corrected chi connectivity index (χ4v) is 1.61. The molecule has 0 aliphatic carbocycles. The van der Waals surface area contributed by atoms with Gasteiger partial charge in [-0.1, -0.05) is 0 Å². The second-order valence-electron chi connectivity index (χ2n) is 4.59. The predicted molar refractivity (Wildman–Crippen MR) is 67.6 cm³/mol. The van der Waals surface area contributed by atoms with Gasteiger partial charge in [0.25, 0.3) is 0 Å². The molecule has 1 N–H and O–H groups in total. The molecule has 0 saturated carbocycles. The Bertz CT molecular complexity index is 401. The number of carboxylic acid groups (broad SMARTS) is 1. The van der Waals surface area contributed by atoms with Crippen LogP contribution in [0.3, 0.4) is 0 Å². The van der Waals surface area contributed by atoms with Crippen molar-refractivity contribution in [3.8, 4) is 0 Å². The molecule has 1 rings (SSSR count). The maximum Gasteiger partial charge on any atom is 0.339 e. The van der Waals surface area contributed by atoms with Crippen LogP contribution in [0, 0.1) is 0 Å². The number of hydrogen-bond acceptors (Lipinski definition) is 4.